The fourth-order valence-corrected chi connectivity index (χ4v) is 2.26. The van der Waals surface area contributed by atoms with Gasteiger partial charge >= 0.3 is 0 Å². The number of benzene rings is 1. The van der Waals surface area contributed by atoms with Crippen LogP contribution in [0.25, 0.3) is 0 Å². The van der Waals surface area contributed by atoms with Crippen molar-refractivity contribution in [3.05, 3.63) is 30.3 Å². The molecule has 0 saturated carbocycles. The second-order valence-corrected chi connectivity index (χ2v) is 5.01. The number of amides is 1. The van der Waals surface area contributed by atoms with E-state index >= 15 is 0 Å². The molecule has 1 saturated heterocycles. The molecule has 1 heterocycles. The number of hydrogen-bond acceptors (Lipinski definition) is 3. The van der Waals surface area contributed by atoms with Crippen LogP contribution in [0.5, 0.6) is 5.75 Å². The van der Waals surface area contributed by atoms with Crippen molar-refractivity contribution in [2.75, 3.05) is 19.6 Å². The van der Waals surface area contributed by atoms with Crippen LogP contribution in [0.3, 0.4) is 0 Å². The number of rotatable bonds is 6. The van der Waals surface area contributed by atoms with Gasteiger partial charge in [0.1, 0.15) is 5.75 Å². The van der Waals surface area contributed by atoms with Gasteiger partial charge in [0, 0.05) is 6.54 Å². The summed E-state index contributed by atoms with van der Waals surface area (Å²) in [7, 11) is 0. The average molecular weight is 262 g/mol. The molecule has 0 spiro atoms. The molecule has 0 bridgehead atoms. The highest BCUT2D eigenvalue weighted by Gasteiger charge is 2.17. The first-order chi connectivity index (χ1) is 9.25. The number of nitrogens with one attached hydrogen (secondary N) is 2. The van der Waals surface area contributed by atoms with Crippen LogP contribution in [0.1, 0.15) is 19.8 Å². The van der Waals surface area contributed by atoms with Crippen LogP contribution in [0.2, 0.25) is 0 Å². The molecule has 0 radical (unpaired) electrons. The first-order valence-electron chi connectivity index (χ1n) is 6.96. The summed E-state index contributed by atoms with van der Waals surface area (Å²) in [6, 6.07) is 9.43. The zero-order chi connectivity index (χ0) is 13.5. The first-order valence-corrected chi connectivity index (χ1v) is 6.96. The SMILES string of the molecule is CC(Oc1ccccc1)C(=O)NCCC1CCNC1. The van der Waals surface area contributed by atoms with Crippen molar-refractivity contribution in [3.8, 4) is 5.75 Å². The Morgan fingerprint density at radius 1 is 1.47 bits per heavy atom. The number of carbonyl (C=O) groups excluding carboxylic acids is 1. The van der Waals surface area contributed by atoms with E-state index in [0.717, 1.165) is 31.8 Å². The molecule has 1 fully saturated rings. The minimum Gasteiger partial charge on any atom is -0.481 e. The third-order valence-corrected chi connectivity index (χ3v) is 3.44. The zero-order valence-electron chi connectivity index (χ0n) is 11.4. The minimum absolute atomic E-state index is 0.0465. The molecule has 1 aromatic rings. The number of para-hydroxylation sites is 1. The lowest BCUT2D eigenvalue weighted by atomic mass is 10.1. The summed E-state index contributed by atoms with van der Waals surface area (Å²) in [6.07, 6.45) is 1.80. The van der Waals surface area contributed by atoms with E-state index in [9.17, 15) is 4.79 Å². The third-order valence-electron chi connectivity index (χ3n) is 3.44. The van der Waals surface area contributed by atoms with Gasteiger partial charge in [-0.2, -0.15) is 0 Å². The third kappa shape index (κ3) is 4.56. The largest absolute Gasteiger partial charge is 0.481 e. The Labute approximate surface area is 114 Å². The molecule has 19 heavy (non-hydrogen) atoms. The van der Waals surface area contributed by atoms with Gasteiger partial charge in [0.2, 0.25) is 0 Å². The Bertz CT molecular complexity index is 388. The summed E-state index contributed by atoms with van der Waals surface area (Å²) in [5.74, 6) is 1.38. The zero-order valence-corrected chi connectivity index (χ0v) is 11.4. The van der Waals surface area contributed by atoms with Gasteiger partial charge in [-0.15, -0.1) is 0 Å². The second kappa shape index (κ2) is 7.14. The Hall–Kier alpha value is -1.55. The van der Waals surface area contributed by atoms with Gasteiger partial charge in [0.05, 0.1) is 0 Å². The topological polar surface area (TPSA) is 50.4 Å². The van der Waals surface area contributed by atoms with Crippen LogP contribution in [0.15, 0.2) is 30.3 Å². The normalized spacial score (nSPS) is 19.9. The Morgan fingerprint density at radius 3 is 2.95 bits per heavy atom. The molecular formula is C15H22N2O2. The van der Waals surface area contributed by atoms with Gasteiger partial charge < -0.3 is 15.4 Å². The molecule has 2 N–H and O–H groups in total. The lowest BCUT2D eigenvalue weighted by molar-refractivity contribution is -0.127. The number of ether oxygens (including phenoxy) is 1. The predicted octanol–water partition coefficient (Wildman–Crippen LogP) is 1.57. The van der Waals surface area contributed by atoms with Crippen molar-refractivity contribution in [1.29, 1.82) is 0 Å². The fraction of sp³-hybridized carbons (Fsp3) is 0.533. The van der Waals surface area contributed by atoms with Crippen LogP contribution in [0.4, 0.5) is 0 Å². The van der Waals surface area contributed by atoms with E-state index in [1.807, 2.05) is 30.3 Å². The van der Waals surface area contributed by atoms with Crippen LogP contribution < -0.4 is 15.4 Å². The van der Waals surface area contributed by atoms with E-state index in [1.54, 1.807) is 6.92 Å². The molecule has 0 aromatic heterocycles. The van der Waals surface area contributed by atoms with Crippen LogP contribution >= 0.6 is 0 Å². The van der Waals surface area contributed by atoms with Gasteiger partial charge in [-0.3, -0.25) is 4.79 Å². The maximum absolute atomic E-state index is 11.9. The molecule has 2 unspecified atom stereocenters. The molecule has 2 rings (SSSR count). The molecule has 104 valence electrons. The summed E-state index contributed by atoms with van der Waals surface area (Å²) < 4.78 is 5.57. The van der Waals surface area contributed by atoms with E-state index in [4.69, 9.17) is 4.74 Å². The lowest BCUT2D eigenvalue weighted by Gasteiger charge is -2.15. The average Bonchev–Trinajstić information content (AvgIpc) is 2.93. The van der Waals surface area contributed by atoms with E-state index in [0.29, 0.717) is 5.92 Å². The van der Waals surface area contributed by atoms with E-state index in [1.165, 1.54) is 6.42 Å². The lowest BCUT2D eigenvalue weighted by Crippen LogP contribution is -2.37. The molecule has 1 aliphatic rings. The number of hydrogen-bond donors (Lipinski definition) is 2. The summed E-state index contributed by atoms with van der Waals surface area (Å²) >= 11 is 0. The van der Waals surface area contributed by atoms with E-state index < -0.39 is 6.10 Å². The summed E-state index contributed by atoms with van der Waals surface area (Å²) in [5.41, 5.74) is 0. The Kier molecular flexibility index (Phi) is 5.21. The van der Waals surface area contributed by atoms with Gasteiger partial charge in [-0.05, 0) is 50.9 Å². The quantitative estimate of drug-likeness (QED) is 0.818. The van der Waals surface area contributed by atoms with Crippen LogP contribution in [0, 0.1) is 5.92 Å². The molecule has 0 aliphatic carbocycles. The highest BCUT2D eigenvalue weighted by Crippen LogP contribution is 2.12. The maximum atomic E-state index is 11.9. The van der Waals surface area contributed by atoms with Crippen molar-refractivity contribution < 1.29 is 9.53 Å². The molecular weight excluding hydrogens is 240 g/mol. The summed E-state index contributed by atoms with van der Waals surface area (Å²) in [5, 5.41) is 6.27. The van der Waals surface area contributed by atoms with Gasteiger partial charge in [-0.25, -0.2) is 0 Å². The summed E-state index contributed by atoms with van der Waals surface area (Å²) in [4.78, 5) is 11.9. The van der Waals surface area contributed by atoms with E-state index in [-0.39, 0.29) is 5.91 Å². The molecule has 2 atom stereocenters. The summed E-state index contributed by atoms with van der Waals surface area (Å²) in [6.45, 7) is 4.69. The van der Waals surface area contributed by atoms with Gasteiger partial charge in [-0.1, -0.05) is 18.2 Å². The highest BCUT2D eigenvalue weighted by atomic mass is 16.5. The molecule has 1 aliphatic heterocycles. The van der Waals surface area contributed by atoms with Crippen molar-refractivity contribution in [2.45, 2.75) is 25.9 Å². The minimum atomic E-state index is -0.455. The molecule has 4 nitrogen and oxygen atoms in total. The van der Waals surface area contributed by atoms with Crippen molar-refractivity contribution >= 4 is 5.91 Å². The van der Waals surface area contributed by atoms with Crippen molar-refractivity contribution in [2.24, 2.45) is 5.92 Å². The highest BCUT2D eigenvalue weighted by molar-refractivity contribution is 5.80. The smallest absolute Gasteiger partial charge is 0.260 e. The molecule has 4 heteroatoms. The molecule has 1 amide bonds. The standard InChI is InChI=1S/C15H22N2O2/c1-12(19-14-5-3-2-4-6-14)15(18)17-10-8-13-7-9-16-11-13/h2-6,12-13,16H,7-11H2,1H3,(H,17,18). The molecule has 1 aromatic carbocycles. The van der Waals surface area contributed by atoms with Crippen LogP contribution in [-0.4, -0.2) is 31.6 Å². The van der Waals surface area contributed by atoms with Crippen LogP contribution in [-0.2, 0) is 4.79 Å². The Balaban J connectivity index is 1.67. The predicted molar refractivity (Wildman–Crippen MR) is 75.1 cm³/mol. The fourth-order valence-electron chi connectivity index (χ4n) is 2.26. The van der Waals surface area contributed by atoms with Crippen molar-refractivity contribution in [3.63, 3.8) is 0 Å². The van der Waals surface area contributed by atoms with Gasteiger partial charge in [0.15, 0.2) is 6.10 Å². The van der Waals surface area contributed by atoms with Crippen molar-refractivity contribution in [1.82, 2.24) is 10.6 Å². The van der Waals surface area contributed by atoms with Gasteiger partial charge in [0.25, 0.3) is 5.91 Å². The monoisotopic (exact) mass is 262 g/mol. The van der Waals surface area contributed by atoms with E-state index in [2.05, 4.69) is 10.6 Å². The first kappa shape index (κ1) is 13.9. The second-order valence-electron chi connectivity index (χ2n) is 5.01. The maximum Gasteiger partial charge on any atom is 0.260 e. The Morgan fingerprint density at radius 2 is 2.26 bits per heavy atom. The number of carbonyl (C=O) groups is 1.